The standard InChI is InChI=1S/C29H32ClNO5S/c1-5-37-12-11-36-29(33)26-17(2)31-22-14-20(18-9-10-24(34-3)25(16-18)35-4)15-23(32)28(22)27(26)19-7-6-8-21(30)13-19/h6-10,13,16,20,27,31H,5,11-12,14-15H2,1-4H3/t20-,27-/m1/s1. The first-order valence-corrected chi connectivity index (χ1v) is 13.9. The summed E-state index contributed by atoms with van der Waals surface area (Å²) in [5.41, 5.74) is 4.39. The highest BCUT2D eigenvalue weighted by Crippen LogP contribution is 2.46. The number of rotatable bonds is 9. The SMILES string of the molecule is CCSCCOC(=O)C1=C(C)NC2=C(C(=O)C[C@H](c3ccc(OC)c(OC)c3)C2)[C@@H]1c1cccc(Cl)c1. The zero-order chi connectivity index (χ0) is 26.5. The maximum absolute atomic E-state index is 13.8. The first-order valence-electron chi connectivity index (χ1n) is 12.3. The Hall–Kier alpha value is -2.90. The number of hydrogen-bond donors (Lipinski definition) is 1. The number of thioether (sulfide) groups is 1. The summed E-state index contributed by atoms with van der Waals surface area (Å²) in [6.45, 7) is 4.25. The summed E-state index contributed by atoms with van der Waals surface area (Å²) in [7, 11) is 3.20. The molecule has 0 spiro atoms. The van der Waals surface area contributed by atoms with Crippen LogP contribution in [0.25, 0.3) is 0 Å². The smallest absolute Gasteiger partial charge is 0.336 e. The van der Waals surface area contributed by atoms with Crippen molar-refractivity contribution < 1.29 is 23.8 Å². The highest BCUT2D eigenvalue weighted by molar-refractivity contribution is 7.99. The van der Waals surface area contributed by atoms with Gasteiger partial charge >= 0.3 is 5.97 Å². The lowest BCUT2D eigenvalue weighted by Crippen LogP contribution is -2.36. The van der Waals surface area contributed by atoms with Gasteiger partial charge in [-0.1, -0.05) is 36.7 Å². The van der Waals surface area contributed by atoms with Crippen LogP contribution in [0, 0.1) is 0 Å². The Morgan fingerprint density at radius 1 is 1.08 bits per heavy atom. The van der Waals surface area contributed by atoms with Gasteiger partial charge in [-0.15, -0.1) is 0 Å². The number of carbonyl (C=O) groups is 2. The maximum Gasteiger partial charge on any atom is 0.336 e. The lowest BCUT2D eigenvalue weighted by atomic mass is 9.71. The summed E-state index contributed by atoms with van der Waals surface area (Å²) in [5, 5.41) is 3.94. The Balaban J connectivity index is 1.71. The molecule has 0 bridgehead atoms. The molecule has 2 aliphatic rings. The number of ether oxygens (including phenoxy) is 3. The summed E-state index contributed by atoms with van der Waals surface area (Å²) in [6.07, 6.45) is 0.946. The minimum Gasteiger partial charge on any atom is -0.493 e. The number of allylic oxidation sites excluding steroid dienone is 3. The Bertz CT molecular complexity index is 1250. The van der Waals surface area contributed by atoms with E-state index in [4.69, 9.17) is 25.8 Å². The molecule has 37 heavy (non-hydrogen) atoms. The highest BCUT2D eigenvalue weighted by Gasteiger charge is 2.41. The molecule has 0 unspecified atom stereocenters. The highest BCUT2D eigenvalue weighted by atomic mass is 35.5. The molecule has 8 heteroatoms. The summed E-state index contributed by atoms with van der Waals surface area (Å²) in [4.78, 5) is 27.1. The van der Waals surface area contributed by atoms with Crippen LogP contribution in [0.1, 0.15) is 49.7 Å². The predicted molar refractivity (Wildman–Crippen MR) is 148 cm³/mol. The minimum absolute atomic E-state index is 0.00199. The first-order chi connectivity index (χ1) is 17.9. The van der Waals surface area contributed by atoms with Crippen molar-refractivity contribution in [1.82, 2.24) is 5.32 Å². The van der Waals surface area contributed by atoms with Crippen molar-refractivity contribution in [3.8, 4) is 11.5 Å². The largest absolute Gasteiger partial charge is 0.493 e. The molecule has 0 amide bonds. The topological polar surface area (TPSA) is 73.9 Å². The number of methoxy groups -OCH3 is 2. The summed E-state index contributed by atoms with van der Waals surface area (Å²) in [5.74, 6) is 1.96. The van der Waals surface area contributed by atoms with Gasteiger partial charge in [-0.3, -0.25) is 4.79 Å². The summed E-state index contributed by atoms with van der Waals surface area (Å²) >= 11 is 8.05. The Morgan fingerprint density at radius 2 is 1.86 bits per heavy atom. The fourth-order valence-corrected chi connectivity index (χ4v) is 5.78. The van der Waals surface area contributed by atoms with Crippen LogP contribution in [0.4, 0.5) is 0 Å². The Kier molecular flexibility index (Phi) is 8.87. The maximum atomic E-state index is 13.8. The van der Waals surface area contributed by atoms with Crippen molar-refractivity contribution >= 4 is 35.1 Å². The molecule has 1 aliphatic carbocycles. The van der Waals surface area contributed by atoms with E-state index < -0.39 is 11.9 Å². The van der Waals surface area contributed by atoms with Crippen LogP contribution in [0.15, 0.2) is 65.0 Å². The second-order valence-electron chi connectivity index (χ2n) is 9.02. The number of carbonyl (C=O) groups excluding carboxylic acids is 2. The van der Waals surface area contributed by atoms with Crippen LogP contribution in [-0.2, 0) is 14.3 Å². The van der Waals surface area contributed by atoms with E-state index in [0.717, 1.165) is 28.3 Å². The van der Waals surface area contributed by atoms with Gasteiger partial charge in [0.2, 0.25) is 0 Å². The third-order valence-electron chi connectivity index (χ3n) is 6.77. The molecular formula is C29H32ClNO5S. The third kappa shape index (κ3) is 5.83. The van der Waals surface area contributed by atoms with Crippen LogP contribution >= 0.6 is 23.4 Å². The van der Waals surface area contributed by atoms with Crippen LogP contribution < -0.4 is 14.8 Å². The quantitative estimate of drug-likeness (QED) is 0.307. The molecule has 4 rings (SSSR count). The number of Topliss-reactive ketones (excluding diaryl/α,β-unsaturated/α-hetero) is 1. The number of esters is 1. The molecule has 0 radical (unpaired) electrons. The van der Waals surface area contributed by atoms with Crippen LogP contribution in [0.5, 0.6) is 11.5 Å². The molecule has 0 fully saturated rings. The minimum atomic E-state index is -0.542. The molecule has 2 aromatic carbocycles. The molecule has 0 aromatic heterocycles. The van der Waals surface area contributed by atoms with Crippen LogP contribution in [0.3, 0.4) is 0 Å². The van der Waals surface area contributed by atoms with E-state index >= 15 is 0 Å². The average Bonchev–Trinajstić information content (AvgIpc) is 2.89. The van der Waals surface area contributed by atoms with E-state index in [0.29, 0.717) is 52.8 Å². The molecule has 0 saturated carbocycles. The molecule has 2 atom stereocenters. The normalized spacial score (nSPS) is 19.3. The number of dihydropyridines is 1. The summed E-state index contributed by atoms with van der Waals surface area (Å²) in [6, 6.07) is 13.1. The zero-order valence-corrected chi connectivity index (χ0v) is 23.1. The van der Waals surface area contributed by atoms with Crippen molar-refractivity contribution in [3.63, 3.8) is 0 Å². The van der Waals surface area contributed by atoms with Gasteiger partial charge in [0.25, 0.3) is 0 Å². The second-order valence-corrected chi connectivity index (χ2v) is 10.8. The van der Waals surface area contributed by atoms with E-state index in [9.17, 15) is 9.59 Å². The van der Waals surface area contributed by atoms with Gasteiger partial charge in [0, 0.05) is 40.1 Å². The summed E-state index contributed by atoms with van der Waals surface area (Å²) < 4.78 is 16.5. The Labute approximate surface area is 227 Å². The van der Waals surface area contributed by atoms with E-state index in [1.807, 2.05) is 43.3 Å². The van der Waals surface area contributed by atoms with Crippen molar-refractivity contribution in [2.24, 2.45) is 0 Å². The van der Waals surface area contributed by atoms with Crippen LogP contribution in [-0.4, -0.2) is 44.1 Å². The third-order valence-corrected chi connectivity index (χ3v) is 7.87. The number of ketones is 1. The number of benzene rings is 2. The molecule has 1 N–H and O–H groups in total. The molecule has 6 nitrogen and oxygen atoms in total. The van der Waals surface area contributed by atoms with E-state index in [1.165, 1.54) is 0 Å². The van der Waals surface area contributed by atoms with Gasteiger partial charge in [-0.25, -0.2) is 4.79 Å². The molecule has 1 aliphatic heterocycles. The second kappa shape index (κ2) is 12.1. The van der Waals surface area contributed by atoms with Crippen molar-refractivity contribution in [2.75, 3.05) is 32.3 Å². The molecule has 2 aromatic rings. The van der Waals surface area contributed by atoms with E-state index in [2.05, 4.69) is 12.2 Å². The van der Waals surface area contributed by atoms with Crippen molar-refractivity contribution in [1.29, 1.82) is 0 Å². The van der Waals surface area contributed by atoms with Gasteiger partial charge in [-0.05, 0) is 60.4 Å². The van der Waals surface area contributed by atoms with Crippen molar-refractivity contribution in [3.05, 3.63) is 81.2 Å². The van der Waals surface area contributed by atoms with Gasteiger partial charge in [-0.2, -0.15) is 11.8 Å². The van der Waals surface area contributed by atoms with Crippen LogP contribution in [0.2, 0.25) is 5.02 Å². The van der Waals surface area contributed by atoms with E-state index in [-0.39, 0.29) is 11.7 Å². The van der Waals surface area contributed by atoms with Gasteiger partial charge in [0.05, 0.1) is 19.8 Å². The van der Waals surface area contributed by atoms with Crippen molar-refractivity contribution in [2.45, 2.75) is 38.5 Å². The Morgan fingerprint density at radius 3 is 2.57 bits per heavy atom. The average molecular weight is 542 g/mol. The zero-order valence-electron chi connectivity index (χ0n) is 21.6. The van der Waals surface area contributed by atoms with Gasteiger partial charge in [0.15, 0.2) is 17.3 Å². The molecule has 196 valence electrons. The number of nitrogens with one attached hydrogen (secondary N) is 1. The lowest BCUT2D eigenvalue weighted by molar-refractivity contribution is -0.138. The number of hydrogen-bond acceptors (Lipinski definition) is 7. The molecule has 1 heterocycles. The fraction of sp³-hybridized carbons (Fsp3) is 0.379. The van der Waals surface area contributed by atoms with E-state index in [1.54, 1.807) is 32.0 Å². The molecular weight excluding hydrogens is 510 g/mol. The number of halogens is 1. The predicted octanol–water partition coefficient (Wildman–Crippen LogP) is 6.02. The lowest BCUT2D eigenvalue weighted by Gasteiger charge is -2.36. The fourth-order valence-electron chi connectivity index (χ4n) is 5.09. The first kappa shape index (κ1) is 27.1. The monoisotopic (exact) mass is 541 g/mol. The molecule has 0 saturated heterocycles. The van der Waals surface area contributed by atoms with Gasteiger partial charge < -0.3 is 19.5 Å². The van der Waals surface area contributed by atoms with Gasteiger partial charge in [0.1, 0.15) is 6.61 Å².